The molecule has 0 saturated heterocycles. The van der Waals surface area contributed by atoms with Gasteiger partial charge >= 0.3 is 17.9 Å². The largest absolute Gasteiger partial charge is 0.462 e. The van der Waals surface area contributed by atoms with Crippen LogP contribution in [-0.4, -0.2) is 37.2 Å². The van der Waals surface area contributed by atoms with Crippen LogP contribution in [0.5, 0.6) is 0 Å². The quantitative estimate of drug-likeness (QED) is 0.0262. The molecule has 0 rings (SSSR count). The highest BCUT2D eigenvalue weighted by Crippen LogP contribution is 2.13. The maximum Gasteiger partial charge on any atom is 0.306 e. The molecule has 366 valence electrons. The fraction of sp³-hybridized carbons (Fsp3) is 0.707. The predicted octanol–water partition coefficient (Wildman–Crippen LogP) is 17.6. The molecule has 0 radical (unpaired) electrons. The second-order valence-corrected chi connectivity index (χ2v) is 17.4. The average molecular weight is 891 g/mol. The minimum Gasteiger partial charge on any atom is -0.462 e. The fourth-order valence-corrected chi connectivity index (χ4v) is 7.13. The molecule has 1 unspecified atom stereocenters. The number of carbonyl (C=O) groups excluding carboxylic acids is 3. The lowest BCUT2D eigenvalue weighted by atomic mass is 10.1. The summed E-state index contributed by atoms with van der Waals surface area (Å²) in [5, 5.41) is 0. The molecule has 0 N–H and O–H groups in total. The standard InChI is InChI=1S/C58H98O6/c1-4-7-10-13-16-19-22-25-27-28-29-30-31-34-36-39-42-45-48-51-57(60)63-54-55(53-62-56(59)50-47-44-41-38-35-32-24-21-18-15-12-9-6-3)64-58(61)52-49-46-43-40-37-33-26-23-20-17-14-11-8-5-2/h7,10,16,19,25,27,29-30,32-33,35,37,41,44,55H,4-6,8-9,11-15,17-18,20-24,26,28,31,34,36,38-40,42-43,45-54H2,1-3H3/b10-7+,19-16+,27-25+,30-29+,35-32+,37-33+,44-41+. The highest BCUT2D eigenvalue weighted by atomic mass is 16.6. The molecule has 6 heteroatoms. The summed E-state index contributed by atoms with van der Waals surface area (Å²) in [7, 11) is 0. The van der Waals surface area contributed by atoms with E-state index in [9.17, 15) is 14.4 Å². The third-order valence-corrected chi connectivity index (χ3v) is 11.1. The van der Waals surface area contributed by atoms with E-state index in [1.54, 1.807) is 0 Å². The molecule has 64 heavy (non-hydrogen) atoms. The van der Waals surface area contributed by atoms with Crippen LogP contribution in [0, 0.1) is 0 Å². The van der Waals surface area contributed by atoms with Crippen molar-refractivity contribution in [2.45, 2.75) is 252 Å². The van der Waals surface area contributed by atoms with Crippen LogP contribution in [0.15, 0.2) is 85.1 Å². The van der Waals surface area contributed by atoms with Crippen molar-refractivity contribution in [3.05, 3.63) is 85.1 Å². The minimum atomic E-state index is -0.813. The molecule has 0 amide bonds. The average Bonchev–Trinajstić information content (AvgIpc) is 3.29. The maximum atomic E-state index is 12.8. The highest BCUT2D eigenvalue weighted by molar-refractivity contribution is 5.71. The van der Waals surface area contributed by atoms with Crippen molar-refractivity contribution in [1.29, 1.82) is 0 Å². The van der Waals surface area contributed by atoms with Gasteiger partial charge in [0.25, 0.3) is 0 Å². The summed E-state index contributed by atoms with van der Waals surface area (Å²) < 4.78 is 16.7. The van der Waals surface area contributed by atoms with Crippen molar-refractivity contribution < 1.29 is 28.6 Å². The van der Waals surface area contributed by atoms with Gasteiger partial charge in [0.2, 0.25) is 0 Å². The smallest absolute Gasteiger partial charge is 0.306 e. The number of rotatable bonds is 47. The number of allylic oxidation sites excluding steroid dienone is 14. The molecule has 0 aromatic heterocycles. The van der Waals surface area contributed by atoms with Crippen LogP contribution in [0.2, 0.25) is 0 Å². The van der Waals surface area contributed by atoms with Gasteiger partial charge in [-0.2, -0.15) is 0 Å². The monoisotopic (exact) mass is 891 g/mol. The van der Waals surface area contributed by atoms with Gasteiger partial charge in [0.05, 0.1) is 0 Å². The van der Waals surface area contributed by atoms with Crippen LogP contribution in [-0.2, 0) is 28.6 Å². The zero-order valence-corrected chi connectivity index (χ0v) is 41.8. The van der Waals surface area contributed by atoms with Crippen LogP contribution < -0.4 is 0 Å². The number of hydrogen-bond acceptors (Lipinski definition) is 6. The summed E-state index contributed by atoms with van der Waals surface area (Å²) in [5.41, 5.74) is 0. The van der Waals surface area contributed by atoms with Crippen molar-refractivity contribution in [3.8, 4) is 0 Å². The zero-order valence-electron chi connectivity index (χ0n) is 41.8. The molecule has 6 nitrogen and oxygen atoms in total. The van der Waals surface area contributed by atoms with Gasteiger partial charge in [0.1, 0.15) is 13.2 Å². The molecule has 0 aromatic rings. The van der Waals surface area contributed by atoms with Gasteiger partial charge < -0.3 is 14.2 Å². The fourth-order valence-electron chi connectivity index (χ4n) is 7.13. The molecule has 0 aromatic carbocycles. The van der Waals surface area contributed by atoms with E-state index < -0.39 is 6.10 Å². The first-order valence-corrected chi connectivity index (χ1v) is 26.6. The van der Waals surface area contributed by atoms with E-state index in [1.807, 2.05) is 6.08 Å². The normalized spacial score (nSPS) is 12.7. The lowest BCUT2D eigenvalue weighted by Crippen LogP contribution is -2.30. The Morgan fingerprint density at radius 1 is 0.328 bits per heavy atom. The first-order chi connectivity index (χ1) is 31.5. The number of ether oxygens (including phenoxy) is 3. The Bertz CT molecular complexity index is 1250. The van der Waals surface area contributed by atoms with Gasteiger partial charge in [-0.05, 0) is 103 Å². The third-order valence-electron chi connectivity index (χ3n) is 11.1. The van der Waals surface area contributed by atoms with Crippen molar-refractivity contribution in [2.75, 3.05) is 13.2 Å². The van der Waals surface area contributed by atoms with Gasteiger partial charge in [0.15, 0.2) is 6.10 Å². The molecular formula is C58H98O6. The van der Waals surface area contributed by atoms with Gasteiger partial charge in [-0.15, -0.1) is 0 Å². The van der Waals surface area contributed by atoms with E-state index in [0.29, 0.717) is 19.3 Å². The molecule has 0 aliphatic rings. The van der Waals surface area contributed by atoms with E-state index in [0.717, 1.165) is 103 Å². The molecule has 0 aliphatic carbocycles. The first-order valence-electron chi connectivity index (χ1n) is 26.6. The Kier molecular flexibility index (Phi) is 49.4. The number of unbranched alkanes of at least 4 members (excludes halogenated alkanes) is 22. The summed E-state index contributed by atoms with van der Waals surface area (Å²) in [6.07, 6.45) is 67.2. The lowest BCUT2D eigenvalue weighted by molar-refractivity contribution is -0.166. The van der Waals surface area contributed by atoms with Crippen molar-refractivity contribution in [2.24, 2.45) is 0 Å². The van der Waals surface area contributed by atoms with E-state index in [1.165, 1.54) is 96.3 Å². The summed E-state index contributed by atoms with van der Waals surface area (Å²) >= 11 is 0. The van der Waals surface area contributed by atoms with Crippen LogP contribution in [0.25, 0.3) is 0 Å². The highest BCUT2D eigenvalue weighted by Gasteiger charge is 2.19. The first kappa shape index (κ1) is 60.6. The Morgan fingerprint density at radius 2 is 0.641 bits per heavy atom. The molecule has 0 aliphatic heterocycles. The molecule has 0 heterocycles. The van der Waals surface area contributed by atoms with Gasteiger partial charge in [0, 0.05) is 19.3 Å². The van der Waals surface area contributed by atoms with Crippen LogP contribution in [0.1, 0.15) is 245 Å². The number of esters is 3. The van der Waals surface area contributed by atoms with E-state index in [-0.39, 0.29) is 37.5 Å². The maximum absolute atomic E-state index is 12.8. The summed E-state index contributed by atoms with van der Waals surface area (Å²) in [6, 6.07) is 0. The second-order valence-electron chi connectivity index (χ2n) is 17.4. The SMILES string of the molecule is CC/C=C/C/C=C/C/C=C/C/C=C/CCCCCCCCC(=O)OCC(COC(=O)CC/C=C/C/C=C/CCCCCCCC)OC(=O)CCCCC/C=C/CCCCCCCCC. The summed E-state index contributed by atoms with van der Waals surface area (Å²) in [4.78, 5) is 38.0. The Hall–Kier alpha value is -3.41. The molecule has 0 fully saturated rings. The van der Waals surface area contributed by atoms with Gasteiger partial charge in [-0.3, -0.25) is 14.4 Å². The lowest BCUT2D eigenvalue weighted by Gasteiger charge is -2.18. The van der Waals surface area contributed by atoms with Crippen LogP contribution >= 0.6 is 0 Å². The topological polar surface area (TPSA) is 78.9 Å². The molecule has 0 bridgehead atoms. The number of hydrogen-bond donors (Lipinski definition) is 0. The third kappa shape index (κ3) is 49.6. The molecule has 0 spiro atoms. The molecular weight excluding hydrogens is 793 g/mol. The van der Waals surface area contributed by atoms with Crippen molar-refractivity contribution in [1.82, 2.24) is 0 Å². The Labute approximate surface area is 395 Å². The second kappa shape index (κ2) is 52.2. The molecule has 1 atom stereocenters. The van der Waals surface area contributed by atoms with Crippen LogP contribution in [0.3, 0.4) is 0 Å². The zero-order chi connectivity index (χ0) is 46.5. The van der Waals surface area contributed by atoms with E-state index >= 15 is 0 Å². The predicted molar refractivity (Wildman–Crippen MR) is 274 cm³/mol. The van der Waals surface area contributed by atoms with Crippen molar-refractivity contribution in [3.63, 3.8) is 0 Å². The Balaban J connectivity index is 4.47. The summed E-state index contributed by atoms with van der Waals surface area (Å²) in [6.45, 7) is 6.43. The van der Waals surface area contributed by atoms with E-state index in [2.05, 4.69) is 99.8 Å². The van der Waals surface area contributed by atoms with Gasteiger partial charge in [-0.1, -0.05) is 209 Å². The summed E-state index contributed by atoms with van der Waals surface area (Å²) in [5.74, 6) is -1.01. The van der Waals surface area contributed by atoms with Gasteiger partial charge in [-0.25, -0.2) is 0 Å². The van der Waals surface area contributed by atoms with Crippen LogP contribution in [0.4, 0.5) is 0 Å². The minimum absolute atomic E-state index is 0.107. The number of carbonyl (C=O) groups is 3. The van der Waals surface area contributed by atoms with Crippen molar-refractivity contribution >= 4 is 17.9 Å². The molecule has 0 saturated carbocycles. The van der Waals surface area contributed by atoms with E-state index in [4.69, 9.17) is 14.2 Å². The Morgan fingerprint density at radius 3 is 1.08 bits per heavy atom.